The molecule has 2 aliphatic rings. The number of rotatable bonds is 5. The van der Waals surface area contributed by atoms with Crippen molar-refractivity contribution in [2.75, 3.05) is 0 Å². The van der Waals surface area contributed by atoms with E-state index in [-0.39, 0.29) is 11.4 Å². The molecule has 6 nitrogen and oxygen atoms in total. The molecule has 0 bridgehead atoms. The number of hydrazone groups is 1. The summed E-state index contributed by atoms with van der Waals surface area (Å²) in [7, 11) is 0. The molecule has 2 aliphatic heterocycles. The Labute approximate surface area is 182 Å². The van der Waals surface area contributed by atoms with Crippen LogP contribution in [0.5, 0.6) is 0 Å². The second-order valence-electron chi connectivity index (χ2n) is 6.52. The molecule has 0 unspecified atom stereocenters. The van der Waals surface area contributed by atoms with Gasteiger partial charge in [0.05, 0.1) is 15.6 Å². The second kappa shape index (κ2) is 8.18. The summed E-state index contributed by atoms with van der Waals surface area (Å²) < 4.78 is 1.86. The number of thioether (sulfide) groups is 1. The zero-order valence-electron chi connectivity index (χ0n) is 15.5. The van der Waals surface area contributed by atoms with Gasteiger partial charge in [-0.2, -0.15) is 15.1 Å². The smallest absolute Gasteiger partial charge is 0.283 e. The third-order valence-electron chi connectivity index (χ3n) is 4.49. The molecule has 3 heterocycles. The first-order valence-corrected chi connectivity index (χ1v) is 10.7. The van der Waals surface area contributed by atoms with Gasteiger partial charge in [-0.15, -0.1) is 0 Å². The topological polar surface area (TPSA) is 73.8 Å². The van der Waals surface area contributed by atoms with E-state index in [0.29, 0.717) is 15.2 Å². The summed E-state index contributed by atoms with van der Waals surface area (Å²) in [6.45, 7) is 2.11. The van der Waals surface area contributed by atoms with Gasteiger partial charge in [0.15, 0.2) is 5.84 Å². The number of aromatic nitrogens is 1. The van der Waals surface area contributed by atoms with Crippen molar-refractivity contribution in [2.45, 2.75) is 26.2 Å². The Balaban J connectivity index is 1.67. The highest BCUT2D eigenvalue weighted by molar-refractivity contribution is 8.26. The summed E-state index contributed by atoms with van der Waals surface area (Å²) >= 11 is 13.5. The predicted molar refractivity (Wildman–Crippen MR) is 120 cm³/mol. The largest absolute Gasteiger partial charge is 0.317 e. The van der Waals surface area contributed by atoms with Crippen LogP contribution in [0.1, 0.15) is 31.9 Å². The standard InChI is InChI=1S/C20H17Cl2N5OS/c1-2-3-6-17-25-27-18(23)14(19(28)24-20(27)29-17)10-12-5-4-9-26(12)13-7-8-15(21)16(22)11-13/h4-5,7-11,23H,2-3,6H2,1H3/b14-10+,23-18?. The molecule has 148 valence electrons. The lowest BCUT2D eigenvalue weighted by atomic mass is 10.1. The number of unbranched alkanes of at least 4 members (excludes halogenated alkanes) is 1. The molecule has 0 aliphatic carbocycles. The van der Waals surface area contributed by atoms with Crippen LogP contribution in [0, 0.1) is 5.41 Å². The molecule has 9 heteroatoms. The van der Waals surface area contributed by atoms with E-state index >= 15 is 0 Å². The quantitative estimate of drug-likeness (QED) is 0.609. The summed E-state index contributed by atoms with van der Waals surface area (Å²) in [4.78, 5) is 16.7. The summed E-state index contributed by atoms with van der Waals surface area (Å²) in [6.07, 6.45) is 6.38. The number of benzene rings is 1. The molecular weight excluding hydrogens is 429 g/mol. The van der Waals surface area contributed by atoms with Gasteiger partial charge in [-0.05, 0) is 61.0 Å². The number of amidine groups is 2. The lowest BCUT2D eigenvalue weighted by Crippen LogP contribution is -2.35. The van der Waals surface area contributed by atoms with Crippen molar-refractivity contribution in [3.05, 3.63) is 57.8 Å². The van der Waals surface area contributed by atoms with Crippen molar-refractivity contribution in [3.63, 3.8) is 0 Å². The molecule has 0 spiro atoms. The van der Waals surface area contributed by atoms with E-state index in [0.717, 1.165) is 35.7 Å². The van der Waals surface area contributed by atoms with Crippen molar-refractivity contribution in [1.82, 2.24) is 9.58 Å². The third kappa shape index (κ3) is 3.90. The maximum Gasteiger partial charge on any atom is 0.283 e. The van der Waals surface area contributed by atoms with Crippen LogP contribution < -0.4 is 0 Å². The Morgan fingerprint density at radius 1 is 1.24 bits per heavy atom. The normalized spacial score (nSPS) is 17.6. The highest BCUT2D eigenvalue weighted by Crippen LogP contribution is 2.31. The van der Waals surface area contributed by atoms with Gasteiger partial charge in [0.1, 0.15) is 5.04 Å². The van der Waals surface area contributed by atoms with Gasteiger partial charge in [0.25, 0.3) is 5.91 Å². The molecule has 1 amide bonds. The molecule has 29 heavy (non-hydrogen) atoms. The molecule has 1 N–H and O–H groups in total. The molecule has 4 rings (SSSR count). The number of hydrogen-bond acceptors (Lipinski definition) is 4. The lowest BCUT2D eigenvalue weighted by Gasteiger charge is -2.20. The van der Waals surface area contributed by atoms with Crippen LogP contribution in [0.3, 0.4) is 0 Å². The van der Waals surface area contributed by atoms with Gasteiger partial charge in [0, 0.05) is 17.6 Å². The highest BCUT2D eigenvalue weighted by atomic mass is 35.5. The fourth-order valence-corrected chi connectivity index (χ4v) is 4.21. The number of fused-ring (bicyclic) bond motifs is 1. The van der Waals surface area contributed by atoms with Crippen molar-refractivity contribution in [2.24, 2.45) is 10.1 Å². The molecule has 0 atom stereocenters. The molecule has 0 radical (unpaired) electrons. The number of nitrogens with one attached hydrogen (secondary N) is 1. The Hall–Kier alpha value is -2.35. The fraction of sp³-hybridized carbons (Fsp3) is 0.200. The highest BCUT2D eigenvalue weighted by Gasteiger charge is 2.35. The van der Waals surface area contributed by atoms with E-state index in [1.165, 1.54) is 16.8 Å². The van der Waals surface area contributed by atoms with E-state index in [1.54, 1.807) is 18.2 Å². The number of aliphatic imine (C=N–C) groups is 1. The van der Waals surface area contributed by atoms with E-state index in [9.17, 15) is 4.79 Å². The van der Waals surface area contributed by atoms with Gasteiger partial charge >= 0.3 is 0 Å². The molecule has 0 saturated heterocycles. The summed E-state index contributed by atoms with van der Waals surface area (Å²) in [5, 5.41) is 16.6. The minimum Gasteiger partial charge on any atom is -0.317 e. The molecule has 0 fully saturated rings. The average Bonchev–Trinajstić information content (AvgIpc) is 3.32. The van der Waals surface area contributed by atoms with Gasteiger partial charge in [-0.1, -0.05) is 36.5 Å². The Morgan fingerprint density at radius 2 is 2.07 bits per heavy atom. The first-order valence-electron chi connectivity index (χ1n) is 9.10. The van der Waals surface area contributed by atoms with E-state index in [4.69, 9.17) is 28.6 Å². The van der Waals surface area contributed by atoms with Crippen LogP contribution in [0.4, 0.5) is 0 Å². The summed E-state index contributed by atoms with van der Waals surface area (Å²) in [5.41, 5.74) is 1.71. The van der Waals surface area contributed by atoms with Crippen LogP contribution in [0.2, 0.25) is 10.0 Å². The maximum absolute atomic E-state index is 12.6. The average molecular weight is 446 g/mol. The van der Waals surface area contributed by atoms with E-state index in [1.807, 2.05) is 29.0 Å². The fourth-order valence-electron chi connectivity index (χ4n) is 2.99. The van der Waals surface area contributed by atoms with Crippen molar-refractivity contribution >= 4 is 63.0 Å². The number of nitrogens with zero attached hydrogens (tertiary/aromatic N) is 4. The van der Waals surface area contributed by atoms with Gasteiger partial charge in [-0.3, -0.25) is 10.2 Å². The molecule has 0 saturated carbocycles. The number of carbonyl (C=O) groups excluding carboxylic acids is 1. The van der Waals surface area contributed by atoms with Gasteiger partial charge < -0.3 is 4.57 Å². The minimum atomic E-state index is -0.442. The molecule has 2 aromatic rings. The molecule has 1 aromatic carbocycles. The van der Waals surface area contributed by atoms with Crippen LogP contribution in [0.25, 0.3) is 11.8 Å². The van der Waals surface area contributed by atoms with Crippen LogP contribution >= 0.6 is 35.0 Å². The van der Waals surface area contributed by atoms with Crippen molar-refractivity contribution < 1.29 is 4.79 Å². The predicted octanol–water partition coefficient (Wildman–Crippen LogP) is 5.59. The SMILES string of the molecule is CCCCC1=NN2C(=N)/C(=C\c3cccn3-c3ccc(Cl)c(Cl)c3)C(=O)N=C2S1. The molecular formula is C20H17Cl2N5OS. The Morgan fingerprint density at radius 3 is 2.83 bits per heavy atom. The third-order valence-corrected chi connectivity index (χ3v) is 6.20. The Bertz CT molecular complexity index is 1100. The van der Waals surface area contributed by atoms with Crippen molar-refractivity contribution in [3.8, 4) is 5.69 Å². The van der Waals surface area contributed by atoms with Crippen molar-refractivity contribution in [1.29, 1.82) is 5.41 Å². The zero-order valence-corrected chi connectivity index (χ0v) is 17.9. The van der Waals surface area contributed by atoms with Gasteiger partial charge in [-0.25, -0.2) is 0 Å². The lowest BCUT2D eigenvalue weighted by molar-refractivity contribution is -0.114. The summed E-state index contributed by atoms with van der Waals surface area (Å²) in [5.74, 6) is -0.413. The monoisotopic (exact) mass is 445 g/mol. The second-order valence-corrected chi connectivity index (χ2v) is 8.37. The van der Waals surface area contributed by atoms with Crippen LogP contribution in [-0.4, -0.2) is 31.5 Å². The first kappa shape index (κ1) is 19.9. The maximum atomic E-state index is 12.6. The summed E-state index contributed by atoms with van der Waals surface area (Å²) in [6, 6.07) is 9.01. The van der Waals surface area contributed by atoms with E-state index in [2.05, 4.69) is 17.0 Å². The number of hydrogen-bond donors (Lipinski definition) is 1. The van der Waals surface area contributed by atoms with Crippen LogP contribution in [-0.2, 0) is 4.79 Å². The number of amides is 1. The molecule has 1 aromatic heterocycles. The zero-order chi connectivity index (χ0) is 20.5. The first-order chi connectivity index (χ1) is 14.0. The number of carbonyl (C=O) groups is 1. The van der Waals surface area contributed by atoms with E-state index < -0.39 is 5.91 Å². The van der Waals surface area contributed by atoms with Gasteiger partial charge in [0.2, 0.25) is 5.17 Å². The van der Waals surface area contributed by atoms with Crippen LogP contribution in [0.15, 0.2) is 52.2 Å². The Kier molecular flexibility index (Phi) is 5.63. The minimum absolute atomic E-state index is 0.0286. The number of halogens is 2.